The zero-order valence-corrected chi connectivity index (χ0v) is 12.6. The van der Waals surface area contributed by atoms with Gasteiger partial charge in [-0.1, -0.05) is 18.2 Å². The van der Waals surface area contributed by atoms with Crippen LogP contribution in [0.25, 0.3) is 5.69 Å². The zero-order chi connectivity index (χ0) is 15.5. The fourth-order valence-electron chi connectivity index (χ4n) is 1.60. The predicted molar refractivity (Wildman–Crippen MR) is 77.3 cm³/mol. The molecule has 1 aromatic heterocycles. The predicted octanol–water partition coefficient (Wildman–Crippen LogP) is 2.38. The number of aromatic nitrogens is 3. The van der Waals surface area contributed by atoms with Gasteiger partial charge in [0.25, 0.3) is 0 Å². The second-order valence-electron chi connectivity index (χ2n) is 5.60. The summed E-state index contributed by atoms with van der Waals surface area (Å²) in [6.45, 7) is 7.03. The lowest BCUT2D eigenvalue weighted by Crippen LogP contribution is -2.33. The molecule has 0 saturated carbocycles. The van der Waals surface area contributed by atoms with E-state index >= 15 is 0 Å². The minimum atomic E-state index is -0.768. The molecule has 1 aromatic carbocycles. The Morgan fingerprint density at radius 3 is 2.52 bits per heavy atom. The highest BCUT2D eigenvalue weighted by molar-refractivity contribution is 5.74. The number of carbonyl (C=O) groups is 1. The number of benzene rings is 1. The van der Waals surface area contributed by atoms with Crippen molar-refractivity contribution < 1.29 is 14.3 Å². The van der Waals surface area contributed by atoms with Crippen LogP contribution in [-0.4, -0.2) is 32.4 Å². The van der Waals surface area contributed by atoms with Crippen LogP contribution in [0.2, 0.25) is 0 Å². The average Bonchev–Trinajstić information content (AvgIpc) is 2.86. The normalized spacial score (nSPS) is 12.8. The van der Waals surface area contributed by atoms with E-state index in [4.69, 9.17) is 9.47 Å². The van der Waals surface area contributed by atoms with Crippen molar-refractivity contribution in [1.82, 2.24) is 14.8 Å². The van der Waals surface area contributed by atoms with E-state index in [1.165, 1.54) is 6.33 Å². The van der Waals surface area contributed by atoms with Crippen LogP contribution in [0.1, 0.15) is 27.7 Å². The molecule has 1 heterocycles. The molecule has 6 nitrogen and oxygen atoms in total. The van der Waals surface area contributed by atoms with Crippen molar-refractivity contribution in [2.45, 2.75) is 39.4 Å². The van der Waals surface area contributed by atoms with Gasteiger partial charge in [-0.15, -0.1) is 5.10 Å². The summed E-state index contributed by atoms with van der Waals surface area (Å²) in [5.74, 6) is -0.446. The third kappa shape index (κ3) is 4.30. The standard InChI is InChI=1S/C15H19N3O3/c1-11(13(19)21-15(2,3)4)20-14-16-10-18(17-14)12-8-6-5-7-9-12/h5-11H,1-4H3. The molecule has 0 N–H and O–H groups in total. The highest BCUT2D eigenvalue weighted by Gasteiger charge is 2.24. The van der Waals surface area contributed by atoms with Gasteiger partial charge < -0.3 is 9.47 Å². The zero-order valence-electron chi connectivity index (χ0n) is 12.6. The van der Waals surface area contributed by atoms with Crippen LogP contribution in [0.4, 0.5) is 0 Å². The minimum absolute atomic E-state index is 0.136. The molecule has 0 bridgehead atoms. The van der Waals surface area contributed by atoms with Crippen molar-refractivity contribution in [3.05, 3.63) is 36.7 Å². The maximum absolute atomic E-state index is 11.8. The van der Waals surface area contributed by atoms with Crippen LogP contribution >= 0.6 is 0 Å². The van der Waals surface area contributed by atoms with Crippen molar-refractivity contribution in [2.24, 2.45) is 0 Å². The van der Waals surface area contributed by atoms with Crippen molar-refractivity contribution in [3.8, 4) is 11.7 Å². The molecule has 0 spiro atoms. The van der Waals surface area contributed by atoms with Gasteiger partial charge >= 0.3 is 12.0 Å². The summed E-state index contributed by atoms with van der Waals surface area (Å²) >= 11 is 0. The Morgan fingerprint density at radius 2 is 1.90 bits per heavy atom. The van der Waals surface area contributed by atoms with E-state index < -0.39 is 17.7 Å². The summed E-state index contributed by atoms with van der Waals surface area (Å²) in [7, 11) is 0. The lowest BCUT2D eigenvalue weighted by atomic mass is 10.2. The number of hydrogen-bond donors (Lipinski definition) is 0. The number of nitrogens with zero attached hydrogens (tertiary/aromatic N) is 3. The number of rotatable bonds is 4. The summed E-state index contributed by atoms with van der Waals surface area (Å²) in [5.41, 5.74) is 0.315. The lowest BCUT2D eigenvalue weighted by Gasteiger charge is -2.21. The summed E-state index contributed by atoms with van der Waals surface area (Å²) in [5, 5.41) is 4.17. The number of hydrogen-bond acceptors (Lipinski definition) is 5. The molecule has 0 fully saturated rings. The smallest absolute Gasteiger partial charge is 0.347 e. The van der Waals surface area contributed by atoms with Gasteiger partial charge in [-0.05, 0) is 39.8 Å². The first kappa shape index (κ1) is 15.0. The molecule has 0 aliphatic carbocycles. The topological polar surface area (TPSA) is 66.2 Å². The third-order valence-electron chi connectivity index (χ3n) is 2.51. The lowest BCUT2D eigenvalue weighted by molar-refractivity contribution is -0.162. The first-order valence-electron chi connectivity index (χ1n) is 6.72. The largest absolute Gasteiger partial charge is 0.457 e. The number of carbonyl (C=O) groups excluding carboxylic acids is 1. The first-order chi connectivity index (χ1) is 9.85. The van der Waals surface area contributed by atoms with E-state index in [0.29, 0.717) is 0 Å². The number of esters is 1. The van der Waals surface area contributed by atoms with Gasteiger partial charge in [0.2, 0.25) is 0 Å². The monoisotopic (exact) mass is 289 g/mol. The van der Waals surface area contributed by atoms with Crippen LogP contribution in [0.5, 0.6) is 6.01 Å². The molecular formula is C15H19N3O3. The molecule has 0 radical (unpaired) electrons. The van der Waals surface area contributed by atoms with Crippen molar-refractivity contribution >= 4 is 5.97 Å². The maximum atomic E-state index is 11.8. The Morgan fingerprint density at radius 1 is 1.24 bits per heavy atom. The van der Waals surface area contributed by atoms with Gasteiger partial charge in [-0.25, -0.2) is 9.48 Å². The van der Waals surface area contributed by atoms with Gasteiger partial charge in [-0.3, -0.25) is 0 Å². The van der Waals surface area contributed by atoms with Crippen LogP contribution in [-0.2, 0) is 9.53 Å². The van der Waals surface area contributed by atoms with E-state index in [9.17, 15) is 4.79 Å². The van der Waals surface area contributed by atoms with Crippen LogP contribution in [0.15, 0.2) is 36.7 Å². The van der Waals surface area contributed by atoms with Crippen LogP contribution in [0, 0.1) is 0 Å². The van der Waals surface area contributed by atoms with E-state index in [-0.39, 0.29) is 6.01 Å². The van der Waals surface area contributed by atoms with E-state index in [1.807, 2.05) is 30.3 Å². The van der Waals surface area contributed by atoms with Gasteiger partial charge in [-0.2, -0.15) is 4.98 Å². The maximum Gasteiger partial charge on any atom is 0.347 e. The van der Waals surface area contributed by atoms with Crippen LogP contribution < -0.4 is 4.74 Å². The van der Waals surface area contributed by atoms with Crippen LogP contribution in [0.3, 0.4) is 0 Å². The first-order valence-corrected chi connectivity index (χ1v) is 6.72. The molecular weight excluding hydrogens is 270 g/mol. The van der Waals surface area contributed by atoms with E-state index in [0.717, 1.165) is 5.69 Å². The molecule has 0 aliphatic rings. The molecule has 0 saturated heterocycles. The minimum Gasteiger partial charge on any atom is -0.457 e. The van der Waals surface area contributed by atoms with Gasteiger partial charge in [0, 0.05) is 0 Å². The molecule has 112 valence electrons. The summed E-state index contributed by atoms with van der Waals surface area (Å²) in [6.07, 6.45) is 0.766. The second-order valence-corrected chi connectivity index (χ2v) is 5.60. The van der Waals surface area contributed by atoms with E-state index in [2.05, 4.69) is 10.1 Å². The van der Waals surface area contributed by atoms with E-state index in [1.54, 1.807) is 32.4 Å². The average molecular weight is 289 g/mol. The molecule has 1 atom stereocenters. The quantitative estimate of drug-likeness (QED) is 0.808. The Bertz CT molecular complexity index is 602. The Hall–Kier alpha value is -2.37. The molecule has 1 unspecified atom stereocenters. The van der Waals surface area contributed by atoms with Crippen molar-refractivity contribution in [3.63, 3.8) is 0 Å². The Balaban J connectivity index is 2.01. The SMILES string of the molecule is CC(Oc1ncn(-c2ccccc2)n1)C(=O)OC(C)(C)C. The molecule has 2 aromatic rings. The molecule has 2 rings (SSSR count). The summed E-state index contributed by atoms with van der Waals surface area (Å²) in [4.78, 5) is 15.9. The highest BCUT2D eigenvalue weighted by atomic mass is 16.6. The fourth-order valence-corrected chi connectivity index (χ4v) is 1.60. The fraction of sp³-hybridized carbons (Fsp3) is 0.400. The van der Waals surface area contributed by atoms with Gasteiger partial charge in [0.1, 0.15) is 11.9 Å². The number of para-hydroxylation sites is 1. The third-order valence-corrected chi connectivity index (χ3v) is 2.51. The summed E-state index contributed by atoms with van der Waals surface area (Å²) < 4.78 is 12.2. The van der Waals surface area contributed by atoms with Gasteiger partial charge in [0.15, 0.2) is 6.10 Å². The highest BCUT2D eigenvalue weighted by Crippen LogP contribution is 2.12. The number of ether oxygens (including phenoxy) is 2. The second kappa shape index (κ2) is 5.95. The summed E-state index contributed by atoms with van der Waals surface area (Å²) in [6, 6.07) is 9.66. The Labute approximate surface area is 123 Å². The molecule has 0 amide bonds. The van der Waals surface area contributed by atoms with Crippen molar-refractivity contribution in [1.29, 1.82) is 0 Å². The van der Waals surface area contributed by atoms with Crippen molar-refractivity contribution in [2.75, 3.05) is 0 Å². The molecule has 21 heavy (non-hydrogen) atoms. The molecule has 0 aliphatic heterocycles. The Kier molecular flexibility index (Phi) is 4.26. The molecule has 6 heteroatoms. The van der Waals surface area contributed by atoms with Gasteiger partial charge in [0.05, 0.1) is 5.69 Å².